The van der Waals surface area contributed by atoms with Crippen molar-refractivity contribution >= 4 is 11.8 Å². The largest absolute Gasteiger partial charge is 0.379 e. The molecule has 3 nitrogen and oxygen atoms in total. The summed E-state index contributed by atoms with van der Waals surface area (Å²) < 4.78 is 5.41. The molecule has 0 radical (unpaired) electrons. The summed E-state index contributed by atoms with van der Waals surface area (Å²) in [7, 11) is 2.19. The highest BCUT2D eigenvalue weighted by molar-refractivity contribution is 7.98. The first-order valence-corrected chi connectivity index (χ1v) is 6.71. The second-order valence-corrected chi connectivity index (χ2v) is 4.80. The first-order valence-electron chi connectivity index (χ1n) is 5.31. The quantitative estimate of drug-likeness (QED) is 0.708. The maximum absolute atomic E-state index is 5.41. The highest BCUT2D eigenvalue weighted by Crippen LogP contribution is 2.00. The van der Waals surface area contributed by atoms with E-state index in [-0.39, 0.29) is 0 Å². The third-order valence-corrected chi connectivity index (χ3v) is 3.13. The molecule has 0 spiro atoms. The summed E-state index contributed by atoms with van der Waals surface area (Å²) in [4.78, 5) is 2.40. The van der Waals surface area contributed by atoms with Gasteiger partial charge in [-0.1, -0.05) is 0 Å². The third kappa shape index (κ3) is 5.20. The van der Waals surface area contributed by atoms with Gasteiger partial charge in [-0.05, 0) is 26.3 Å². The molecule has 14 heavy (non-hydrogen) atoms. The van der Waals surface area contributed by atoms with Crippen LogP contribution in [0.4, 0.5) is 0 Å². The van der Waals surface area contributed by atoms with E-state index in [9.17, 15) is 0 Å². The first-order chi connectivity index (χ1) is 6.83. The van der Waals surface area contributed by atoms with Crippen LogP contribution in [0.15, 0.2) is 0 Å². The van der Waals surface area contributed by atoms with E-state index < -0.39 is 0 Å². The van der Waals surface area contributed by atoms with Gasteiger partial charge in [-0.15, -0.1) is 0 Å². The van der Waals surface area contributed by atoms with Crippen molar-refractivity contribution in [3.63, 3.8) is 0 Å². The fraction of sp³-hybridized carbons (Fsp3) is 1.00. The van der Waals surface area contributed by atoms with Gasteiger partial charge in [0.05, 0.1) is 13.2 Å². The number of nitrogens with one attached hydrogen (secondary N) is 1. The maximum Gasteiger partial charge on any atom is 0.0620 e. The molecule has 0 aromatic rings. The van der Waals surface area contributed by atoms with Crippen molar-refractivity contribution in [1.29, 1.82) is 0 Å². The molecule has 1 N–H and O–H groups in total. The van der Waals surface area contributed by atoms with Crippen molar-refractivity contribution in [3.8, 4) is 0 Å². The van der Waals surface area contributed by atoms with Gasteiger partial charge in [0.15, 0.2) is 0 Å². The number of ether oxygens (including phenoxy) is 1. The minimum atomic E-state index is 0.570. The molecule has 1 saturated heterocycles. The summed E-state index contributed by atoms with van der Waals surface area (Å²) >= 11 is 1.91. The number of nitrogens with zero attached hydrogens (tertiary/aromatic N) is 1. The van der Waals surface area contributed by atoms with Gasteiger partial charge in [-0.25, -0.2) is 0 Å². The van der Waals surface area contributed by atoms with Crippen LogP contribution in [-0.4, -0.2) is 62.8 Å². The Kier molecular flexibility index (Phi) is 6.60. The highest BCUT2D eigenvalue weighted by Gasteiger charge is 2.12. The van der Waals surface area contributed by atoms with Gasteiger partial charge >= 0.3 is 0 Å². The molecule has 0 amide bonds. The van der Waals surface area contributed by atoms with Crippen LogP contribution in [0.3, 0.4) is 0 Å². The number of thioether (sulfide) groups is 1. The lowest BCUT2D eigenvalue weighted by molar-refractivity contribution is 0.0712. The monoisotopic (exact) mass is 218 g/mol. The van der Waals surface area contributed by atoms with Gasteiger partial charge in [-0.2, -0.15) is 11.8 Å². The first kappa shape index (κ1) is 12.3. The third-order valence-electron chi connectivity index (χ3n) is 2.53. The van der Waals surface area contributed by atoms with E-state index in [0.29, 0.717) is 6.04 Å². The fourth-order valence-corrected chi connectivity index (χ4v) is 2.03. The molecule has 84 valence electrons. The van der Waals surface area contributed by atoms with Crippen molar-refractivity contribution in [2.45, 2.75) is 12.5 Å². The molecule has 1 aliphatic heterocycles. The van der Waals surface area contributed by atoms with E-state index >= 15 is 0 Å². The Bertz CT molecular complexity index is 140. The van der Waals surface area contributed by atoms with E-state index in [1.54, 1.807) is 0 Å². The van der Waals surface area contributed by atoms with Crippen LogP contribution in [0.1, 0.15) is 6.42 Å². The summed E-state index contributed by atoms with van der Waals surface area (Å²) in [5.74, 6) is 1.23. The lowest BCUT2D eigenvalue weighted by Gasteiger charge is -2.25. The molecule has 0 aromatic heterocycles. The Morgan fingerprint density at radius 1 is 1.50 bits per heavy atom. The van der Waals surface area contributed by atoms with Crippen LogP contribution in [0.25, 0.3) is 0 Å². The molecule has 0 saturated carbocycles. The minimum absolute atomic E-state index is 0.570. The number of morpholine rings is 1. The van der Waals surface area contributed by atoms with Gasteiger partial charge in [0.25, 0.3) is 0 Å². The van der Waals surface area contributed by atoms with E-state index in [0.717, 1.165) is 19.8 Å². The van der Waals surface area contributed by atoms with E-state index in [2.05, 4.69) is 23.5 Å². The molecule has 1 aliphatic rings. The number of hydrogen-bond acceptors (Lipinski definition) is 4. The Balaban J connectivity index is 2.00. The van der Waals surface area contributed by atoms with Gasteiger partial charge in [0, 0.05) is 24.9 Å². The molecule has 1 heterocycles. The highest BCUT2D eigenvalue weighted by atomic mass is 32.2. The molecule has 1 atom stereocenters. The zero-order valence-corrected chi connectivity index (χ0v) is 10.1. The lowest BCUT2D eigenvalue weighted by atomic mass is 10.2. The molecule has 1 rings (SSSR count). The topological polar surface area (TPSA) is 24.5 Å². The Morgan fingerprint density at radius 3 is 3.00 bits per heavy atom. The predicted molar refractivity (Wildman–Crippen MR) is 63.1 cm³/mol. The molecular weight excluding hydrogens is 196 g/mol. The summed E-state index contributed by atoms with van der Waals surface area (Å²) in [6.07, 6.45) is 3.36. The molecule has 0 aliphatic carbocycles. The Labute approximate surface area is 91.6 Å². The van der Waals surface area contributed by atoms with Crippen molar-refractivity contribution < 1.29 is 4.74 Å². The van der Waals surface area contributed by atoms with Crippen LogP contribution in [0.5, 0.6) is 0 Å². The van der Waals surface area contributed by atoms with Gasteiger partial charge in [0.2, 0.25) is 0 Å². The lowest BCUT2D eigenvalue weighted by Crippen LogP contribution is -2.43. The smallest absolute Gasteiger partial charge is 0.0620 e. The standard InChI is InChI=1S/C10H22N2OS/c1-12(6-8-14-2)5-3-10-9-13-7-4-11-10/h10-11H,3-9H2,1-2H3. The average molecular weight is 218 g/mol. The molecule has 1 fully saturated rings. The van der Waals surface area contributed by atoms with Gasteiger partial charge in [0.1, 0.15) is 0 Å². The van der Waals surface area contributed by atoms with Crippen molar-refractivity contribution in [2.24, 2.45) is 0 Å². The van der Waals surface area contributed by atoms with Crippen LogP contribution < -0.4 is 5.32 Å². The van der Waals surface area contributed by atoms with Gasteiger partial charge < -0.3 is 15.0 Å². The number of hydrogen-bond donors (Lipinski definition) is 1. The van der Waals surface area contributed by atoms with E-state index in [1.165, 1.54) is 25.3 Å². The second kappa shape index (κ2) is 7.51. The van der Waals surface area contributed by atoms with Crippen molar-refractivity contribution in [2.75, 3.05) is 51.9 Å². The summed E-state index contributed by atoms with van der Waals surface area (Å²) in [5.41, 5.74) is 0. The number of rotatable bonds is 6. The normalized spacial score (nSPS) is 22.9. The molecule has 1 unspecified atom stereocenters. The zero-order valence-electron chi connectivity index (χ0n) is 9.29. The summed E-state index contributed by atoms with van der Waals surface area (Å²) in [6.45, 7) is 5.13. The van der Waals surface area contributed by atoms with E-state index in [4.69, 9.17) is 4.74 Å². The van der Waals surface area contributed by atoms with Crippen LogP contribution in [0.2, 0.25) is 0 Å². The minimum Gasteiger partial charge on any atom is -0.379 e. The molecule has 0 bridgehead atoms. The molecule has 4 heteroatoms. The molecule has 0 aromatic carbocycles. The maximum atomic E-state index is 5.41. The zero-order chi connectivity index (χ0) is 10.2. The summed E-state index contributed by atoms with van der Waals surface area (Å²) in [6, 6.07) is 0.570. The van der Waals surface area contributed by atoms with Crippen LogP contribution in [0, 0.1) is 0 Å². The fourth-order valence-electron chi connectivity index (χ4n) is 1.54. The van der Waals surface area contributed by atoms with E-state index in [1.807, 2.05) is 11.8 Å². The van der Waals surface area contributed by atoms with Crippen LogP contribution in [-0.2, 0) is 4.74 Å². The Morgan fingerprint density at radius 2 is 2.36 bits per heavy atom. The summed E-state index contributed by atoms with van der Waals surface area (Å²) in [5, 5.41) is 3.47. The molecular formula is C10H22N2OS. The SMILES string of the molecule is CSCCN(C)CCC1COCCN1. The Hall–Kier alpha value is 0.230. The van der Waals surface area contributed by atoms with Crippen molar-refractivity contribution in [1.82, 2.24) is 10.2 Å². The average Bonchev–Trinajstić information content (AvgIpc) is 2.25. The second-order valence-electron chi connectivity index (χ2n) is 3.81. The van der Waals surface area contributed by atoms with Crippen LogP contribution >= 0.6 is 11.8 Å². The van der Waals surface area contributed by atoms with Crippen molar-refractivity contribution in [3.05, 3.63) is 0 Å². The van der Waals surface area contributed by atoms with Gasteiger partial charge in [-0.3, -0.25) is 0 Å². The predicted octanol–water partition coefficient (Wildman–Crippen LogP) is 0.660.